The number of rotatable bonds is 8. The summed E-state index contributed by atoms with van der Waals surface area (Å²) < 4.78 is 4.76. The van der Waals surface area contributed by atoms with Gasteiger partial charge in [0.1, 0.15) is 0 Å². The van der Waals surface area contributed by atoms with Gasteiger partial charge in [-0.25, -0.2) is 15.0 Å². The highest BCUT2D eigenvalue weighted by Gasteiger charge is 2.19. The van der Waals surface area contributed by atoms with Gasteiger partial charge in [0.25, 0.3) is 0 Å². The van der Waals surface area contributed by atoms with E-state index in [4.69, 9.17) is 15.0 Å². The zero-order valence-electron chi connectivity index (χ0n) is 36.9. The molecule has 0 aliphatic rings. The molecule has 0 spiro atoms. The first kappa shape index (κ1) is 39.2. The Balaban J connectivity index is 0.942. The molecule has 0 radical (unpaired) electrons. The Bertz CT molecular complexity index is 3930. The fourth-order valence-corrected chi connectivity index (χ4v) is 9.90. The molecular weight excluding hydrogens is 827 g/mol. The maximum atomic E-state index is 5.17. The third-order valence-corrected chi connectivity index (χ3v) is 13.2. The van der Waals surface area contributed by atoms with Crippen LogP contribution in [0.15, 0.2) is 249 Å². The largest absolute Gasteiger partial charge is 0.309 e. The molecular formula is C63H41N5. The van der Waals surface area contributed by atoms with Gasteiger partial charge in [-0.3, -0.25) is 0 Å². The Hall–Kier alpha value is -9.19. The Kier molecular flexibility index (Phi) is 9.43. The summed E-state index contributed by atoms with van der Waals surface area (Å²) in [6, 6.07) is 88.4. The van der Waals surface area contributed by atoms with E-state index in [-0.39, 0.29) is 0 Å². The molecule has 3 aromatic heterocycles. The number of nitrogens with zero attached hydrogens (tertiary/aromatic N) is 5. The summed E-state index contributed by atoms with van der Waals surface area (Å²) in [6.07, 6.45) is 0. The van der Waals surface area contributed by atoms with Gasteiger partial charge in [0.15, 0.2) is 17.5 Å². The molecule has 0 aliphatic heterocycles. The minimum absolute atomic E-state index is 0.611. The summed E-state index contributed by atoms with van der Waals surface area (Å²) >= 11 is 0. The van der Waals surface area contributed by atoms with E-state index < -0.39 is 0 Å². The Morgan fingerprint density at radius 3 is 1.21 bits per heavy atom. The number of hydrogen-bond donors (Lipinski definition) is 0. The minimum atomic E-state index is 0.611. The smallest absolute Gasteiger partial charge is 0.164 e. The predicted octanol–water partition coefficient (Wildman–Crippen LogP) is 16.1. The molecule has 10 aromatic carbocycles. The first-order valence-corrected chi connectivity index (χ1v) is 23.0. The molecule has 5 nitrogen and oxygen atoms in total. The zero-order valence-corrected chi connectivity index (χ0v) is 36.9. The molecule has 0 saturated heterocycles. The van der Waals surface area contributed by atoms with Crippen molar-refractivity contribution in [3.8, 4) is 78.9 Å². The average molecular weight is 868 g/mol. The van der Waals surface area contributed by atoms with Gasteiger partial charge in [-0.15, -0.1) is 0 Å². The standard InChI is InChI=1S/C63H41N5/c1-5-17-42(18-6-1)49-37-50(63-65-61(45-19-7-2-8-20-45)64-62(66-63)46-21-9-3-10-22-46)39-52(38-49)68-57-27-15-13-25-53(57)55-35-33-48(41-60(55)68)44-31-29-43(30-32-44)47-34-36-59-56(40-47)54-26-14-16-28-58(54)67(59)51-23-11-4-12-24-51/h1-41H. The Morgan fingerprint density at radius 1 is 0.206 bits per heavy atom. The fourth-order valence-electron chi connectivity index (χ4n) is 9.90. The molecule has 3 heterocycles. The quantitative estimate of drug-likeness (QED) is 0.153. The fraction of sp³-hybridized carbons (Fsp3) is 0. The van der Waals surface area contributed by atoms with Gasteiger partial charge < -0.3 is 9.13 Å². The summed E-state index contributed by atoms with van der Waals surface area (Å²) in [5.74, 6) is 1.87. The van der Waals surface area contributed by atoms with Crippen LogP contribution >= 0.6 is 0 Å². The Labute approximate surface area is 393 Å². The minimum Gasteiger partial charge on any atom is -0.309 e. The number of benzene rings is 10. The van der Waals surface area contributed by atoms with Crippen molar-refractivity contribution in [2.75, 3.05) is 0 Å². The normalized spacial score (nSPS) is 11.5. The van der Waals surface area contributed by atoms with E-state index in [1.54, 1.807) is 0 Å². The highest BCUT2D eigenvalue weighted by atomic mass is 15.0. The maximum Gasteiger partial charge on any atom is 0.164 e. The SMILES string of the molecule is c1ccc(-c2cc(-c3nc(-c4ccccc4)nc(-c4ccccc4)n3)cc(-n3c4ccccc4c4ccc(-c5ccc(-c6ccc7c(c6)c6ccccc6n7-c6ccccc6)cc5)cc43)c2)cc1. The van der Waals surface area contributed by atoms with Crippen molar-refractivity contribution in [1.82, 2.24) is 24.1 Å². The maximum absolute atomic E-state index is 5.17. The lowest BCUT2D eigenvalue weighted by Gasteiger charge is -2.15. The van der Waals surface area contributed by atoms with Crippen LogP contribution in [0.4, 0.5) is 0 Å². The third kappa shape index (κ3) is 6.84. The van der Waals surface area contributed by atoms with E-state index in [0.717, 1.165) is 61.4 Å². The van der Waals surface area contributed by atoms with Crippen molar-refractivity contribution in [2.24, 2.45) is 0 Å². The summed E-state index contributed by atoms with van der Waals surface area (Å²) in [5.41, 5.74) is 16.4. The van der Waals surface area contributed by atoms with E-state index in [1.807, 2.05) is 36.4 Å². The lowest BCUT2D eigenvalue weighted by molar-refractivity contribution is 1.07. The number of aromatic nitrogens is 5. The molecule has 318 valence electrons. The molecule has 13 aromatic rings. The molecule has 0 fully saturated rings. The molecule has 13 rings (SSSR count). The van der Waals surface area contributed by atoms with Crippen molar-refractivity contribution < 1.29 is 0 Å². The highest BCUT2D eigenvalue weighted by Crippen LogP contribution is 2.39. The zero-order chi connectivity index (χ0) is 45.0. The molecule has 0 unspecified atom stereocenters. The summed E-state index contributed by atoms with van der Waals surface area (Å²) in [5, 5.41) is 4.87. The molecule has 5 heteroatoms. The monoisotopic (exact) mass is 867 g/mol. The van der Waals surface area contributed by atoms with Gasteiger partial charge in [0.05, 0.1) is 22.1 Å². The molecule has 0 saturated carbocycles. The number of para-hydroxylation sites is 3. The molecule has 0 atom stereocenters. The second-order valence-electron chi connectivity index (χ2n) is 17.3. The van der Waals surface area contributed by atoms with Crippen LogP contribution in [0.1, 0.15) is 0 Å². The van der Waals surface area contributed by atoms with Crippen molar-refractivity contribution >= 4 is 43.6 Å². The highest BCUT2D eigenvalue weighted by molar-refractivity contribution is 6.11. The van der Waals surface area contributed by atoms with Crippen LogP contribution in [-0.2, 0) is 0 Å². The topological polar surface area (TPSA) is 48.5 Å². The molecule has 0 amide bonds. The predicted molar refractivity (Wildman–Crippen MR) is 281 cm³/mol. The van der Waals surface area contributed by atoms with Crippen LogP contribution in [0, 0.1) is 0 Å². The second-order valence-corrected chi connectivity index (χ2v) is 17.3. The first-order valence-electron chi connectivity index (χ1n) is 23.0. The summed E-state index contributed by atoms with van der Waals surface area (Å²) in [7, 11) is 0. The van der Waals surface area contributed by atoms with Crippen molar-refractivity contribution in [3.63, 3.8) is 0 Å². The van der Waals surface area contributed by atoms with Crippen LogP contribution in [0.3, 0.4) is 0 Å². The first-order chi connectivity index (χ1) is 33.7. The van der Waals surface area contributed by atoms with E-state index >= 15 is 0 Å². The van der Waals surface area contributed by atoms with Gasteiger partial charge in [0.2, 0.25) is 0 Å². The Morgan fingerprint density at radius 2 is 0.603 bits per heavy atom. The van der Waals surface area contributed by atoms with E-state index in [1.165, 1.54) is 43.7 Å². The average Bonchev–Trinajstić information content (AvgIpc) is 3.94. The lowest BCUT2D eigenvalue weighted by Crippen LogP contribution is -2.01. The van der Waals surface area contributed by atoms with Crippen LogP contribution < -0.4 is 0 Å². The van der Waals surface area contributed by atoms with Crippen LogP contribution in [0.2, 0.25) is 0 Å². The third-order valence-electron chi connectivity index (χ3n) is 13.2. The number of hydrogen-bond acceptors (Lipinski definition) is 3. The van der Waals surface area contributed by atoms with Gasteiger partial charge in [-0.2, -0.15) is 0 Å². The van der Waals surface area contributed by atoms with Crippen molar-refractivity contribution in [3.05, 3.63) is 249 Å². The second kappa shape index (κ2) is 16.4. The van der Waals surface area contributed by atoms with Gasteiger partial charge in [-0.1, -0.05) is 188 Å². The molecule has 0 N–H and O–H groups in total. The molecule has 0 bridgehead atoms. The summed E-state index contributed by atoms with van der Waals surface area (Å²) in [4.78, 5) is 15.3. The lowest BCUT2D eigenvalue weighted by atomic mass is 9.98. The number of fused-ring (bicyclic) bond motifs is 6. The van der Waals surface area contributed by atoms with E-state index in [9.17, 15) is 0 Å². The van der Waals surface area contributed by atoms with E-state index in [0.29, 0.717) is 17.5 Å². The van der Waals surface area contributed by atoms with Crippen molar-refractivity contribution in [2.45, 2.75) is 0 Å². The molecule has 68 heavy (non-hydrogen) atoms. The van der Waals surface area contributed by atoms with Crippen LogP contribution in [-0.4, -0.2) is 24.1 Å². The summed E-state index contributed by atoms with van der Waals surface area (Å²) in [6.45, 7) is 0. The van der Waals surface area contributed by atoms with Gasteiger partial charge in [0, 0.05) is 49.6 Å². The van der Waals surface area contributed by atoms with Crippen LogP contribution in [0.5, 0.6) is 0 Å². The van der Waals surface area contributed by atoms with Crippen LogP contribution in [0.25, 0.3) is 123 Å². The van der Waals surface area contributed by atoms with E-state index in [2.05, 4.69) is 221 Å². The van der Waals surface area contributed by atoms with Gasteiger partial charge >= 0.3 is 0 Å². The van der Waals surface area contributed by atoms with Crippen molar-refractivity contribution in [1.29, 1.82) is 0 Å². The molecule has 0 aliphatic carbocycles. The van der Waals surface area contributed by atoms with Gasteiger partial charge in [-0.05, 0) is 94.0 Å².